The molecule has 6 heteroatoms. The molecule has 1 aliphatic carbocycles. The molecule has 2 rings (SSSR count). The zero-order valence-electron chi connectivity index (χ0n) is 10.4. The minimum absolute atomic E-state index is 0.0358. The van der Waals surface area contributed by atoms with Crippen molar-refractivity contribution in [2.45, 2.75) is 38.3 Å². The van der Waals surface area contributed by atoms with Gasteiger partial charge in [-0.1, -0.05) is 19.3 Å². The Morgan fingerprint density at radius 3 is 2.37 bits per heavy atom. The van der Waals surface area contributed by atoms with Crippen LogP contribution in [0, 0.1) is 16.7 Å². The molecular formula is C13H16F3N3. The van der Waals surface area contributed by atoms with Crippen LogP contribution in [0.2, 0.25) is 0 Å². The summed E-state index contributed by atoms with van der Waals surface area (Å²) in [6, 6.07) is 1.98. The lowest BCUT2D eigenvalue weighted by atomic mass is 9.88. The average Bonchev–Trinajstić information content (AvgIpc) is 2.38. The number of halogens is 3. The standard InChI is InChI=1S/C13H16F3N3/c14-13(15,16)10-6-7-11(17)19(8-10)12(18)9-4-2-1-3-5-9/h6-9,17-18H,1-5H2. The maximum atomic E-state index is 12.7. The summed E-state index contributed by atoms with van der Waals surface area (Å²) in [6.45, 7) is 0. The smallest absolute Gasteiger partial charge is 0.290 e. The molecule has 2 N–H and O–H groups in total. The molecule has 1 fully saturated rings. The van der Waals surface area contributed by atoms with Crippen LogP contribution >= 0.6 is 0 Å². The van der Waals surface area contributed by atoms with Gasteiger partial charge in [-0.05, 0) is 25.0 Å². The first-order valence-electron chi connectivity index (χ1n) is 6.33. The Morgan fingerprint density at radius 1 is 1.16 bits per heavy atom. The van der Waals surface area contributed by atoms with Crippen molar-refractivity contribution in [1.82, 2.24) is 4.57 Å². The van der Waals surface area contributed by atoms with Crippen molar-refractivity contribution in [2.24, 2.45) is 5.92 Å². The topological polar surface area (TPSA) is 52.6 Å². The van der Waals surface area contributed by atoms with Gasteiger partial charge in [0, 0.05) is 12.1 Å². The highest BCUT2D eigenvalue weighted by Crippen LogP contribution is 2.29. The zero-order chi connectivity index (χ0) is 14.0. The number of hydrogen-bond donors (Lipinski definition) is 2. The van der Waals surface area contributed by atoms with Crippen molar-refractivity contribution < 1.29 is 13.2 Å². The molecule has 1 aliphatic rings. The van der Waals surface area contributed by atoms with Crippen LogP contribution in [0.5, 0.6) is 0 Å². The lowest BCUT2D eigenvalue weighted by Crippen LogP contribution is -2.33. The molecule has 1 saturated carbocycles. The van der Waals surface area contributed by atoms with Crippen molar-refractivity contribution in [3.63, 3.8) is 0 Å². The van der Waals surface area contributed by atoms with Gasteiger partial charge < -0.3 is 0 Å². The Labute approximate surface area is 109 Å². The van der Waals surface area contributed by atoms with E-state index in [2.05, 4.69) is 0 Å². The second-order valence-corrected chi connectivity index (χ2v) is 4.89. The molecule has 1 aromatic rings. The van der Waals surface area contributed by atoms with E-state index in [-0.39, 0.29) is 17.2 Å². The van der Waals surface area contributed by atoms with Crippen molar-refractivity contribution in [3.8, 4) is 0 Å². The van der Waals surface area contributed by atoms with Crippen LogP contribution in [0.4, 0.5) is 13.2 Å². The second kappa shape index (κ2) is 5.19. The first-order valence-corrected chi connectivity index (χ1v) is 6.33. The number of aromatic nitrogens is 1. The molecule has 0 bridgehead atoms. The third-order valence-corrected chi connectivity index (χ3v) is 3.53. The quantitative estimate of drug-likeness (QED) is 0.581. The van der Waals surface area contributed by atoms with Crippen molar-refractivity contribution >= 4 is 5.84 Å². The third-order valence-electron chi connectivity index (χ3n) is 3.53. The van der Waals surface area contributed by atoms with Crippen molar-refractivity contribution in [1.29, 1.82) is 10.8 Å². The summed E-state index contributed by atoms with van der Waals surface area (Å²) >= 11 is 0. The fraction of sp³-hybridized carbons (Fsp3) is 0.538. The molecule has 0 saturated heterocycles. The minimum Gasteiger partial charge on any atom is -0.290 e. The minimum atomic E-state index is -4.44. The SMILES string of the molecule is N=C(C1CCCCC1)n1cc(C(F)(F)F)ccc1=N. The van der Waals surface area contributed by atoms with Crippen LogP contribution in [0.1, 0.15) is 37.7 Å². The van der Waals surface area contributed by atoms with E-state index in [4.69, 9.17) is 10.8 Å². The molecule has 1 heterocycles. The maximum absolute atomic E-state index is 12.7. The zero-order valence-corrected chi connectivity index (χ0v) is 10.4. The summed E-state index contributed by atoms with van der Waals surface area (Å²) in [4.78, 5) is 0. The van der Waals surface area contributed by atoms with E-state index in [1.54, 1.807) is 0 Å². The molecule has 104 valence electrons. The number of pyridine rings is 1. The summed E-state index contributed by atoms with van der Waals surface area (Å²) in [5.41, 5.74) is -0.896. The molecule has 1 aromatic heterocycles. The van der Waals surface area contributed by atoms with Gasteiger partial charge in [-0.3, -0.25) is 15.4 Å². The molecule has 0 aliphatic heterocycles. The molecule has 0 spiro atoms. The number of nitrogens with one attached hydrogen (secondary N) is 2. The van der Waals surface area contributed by atoms with Gasteiger partial charge in [0.2, 0.25) is 0 Å². The first-order chi connectivity index (χ1) is 8.89. The summed E-state index contributed by atoms with van der Waals surface area (Å²) in [5, 5.41) is 15.7. The monoisotopic (exact) mass is 271 g/mol. The first kappa shape index (κ1) is 13.8. The molecule has 0 radical (unpaired) electrons. The highest BCUT2D eigenvalue weighted by atomic mass is 19.4. The summed E-state index contributed by atoms with van der Waals surface area (Å²) in [7, 11) is 0. The third kappa shape index (κ3) is 3.05. The van der Waals surface area contributed by atoms with Gasteiger partial charge in [0.25, 0.3) is 0 Å². The Balaban J connectivity index is 2.33. The molecule has 0 unspecified atom stereocenters. The maximum Gasteiger partial charge on any atom is 0.417 e. The lowest BCUT2D eigenvalue weighted by Gasteiger charge is -2.24. The Morgan fingerprint density at radius 2 is 1.79 bits per heavy atom. The van der Waals surface area contributed by atoms with Crippen LogP contribution in [0.15, 0.2) is 18.3 Å². The van der Waals surface area contributed by atoms with Gasteiger partial charge in [-0.15, -0.1) is 0 Å². The van der Waals surface area contributed by atoms with Gasteiger partial charge in [-0.2, -0.15) is 13.2 Å². The van der Waals surface area contributed by atoms with E-state index >= 15 is 0 Å². The molecule has 0 atom stereocenters. The lowest BCUT2D eigenvalue weighted by molar-refractivity contribution is -0.137. The average molecular weight is 271 g/mol. The molecule has 3 nitrogen and oxygen atoms in total. The molecular weight excluding hydrogens is 255 g/mol. The Kier molecular flexibility index (Phi) is 3.78. The Bertz CT molecular complexity index is 525. The van der Waals surface area contributed by atoms with Crippen LogP contribution < -0.4 is 5.49 Å². The Hall–Kier alpha value is -1.59. The van der Waals surface area contributed by atoms with Gasteiger partial charge in [0.05, 0.1) is 5.56 Å². The predicted octanol–water partition coefficient (Wildman–Crippen LogP) is 3.39. The normalized spacial score (nSPS) is 17.4. The largest absolute Gasteiger partial charge is 0.417 e. The van der Waals surface area contributed by atoms with Crippen LogP contribution in [0.25, 0.3) is 0 Å². The van der Waals surface area contributed by atoms with E-state index in [1.807, 2.05) is 0 Å². The number of alkyl halides is 3. The van der Waals surface area contributed by atoms with Gasteiger partial charge >= 0.3 is 6.18 Å². The van der Waals surface area contributed by atoms with Crippen LogP contribution in [-0.4, -0.2) is 10.4 Å². The van der Waals surface area contributed by atoms with Crippen LogP contribution in [0.3, 0.4) is 0 Å². The van der Waals surface area contributed by atoms with E-state index in [0.717, 1.165) is 55.0 Å². The fourth-order valence-electron chi connectivity index (χ4n) is 2.44. The van der Waals surface area contributed by atoms with E-state index in [9.17, 15) is 13.2 Å². The number of nitrogens with zero attached hydrogens (tertiary/aromatic N) is 1. The number of hydrogen-bond acceptors (Lipinski definition) is 2. The fourth-order valence-corrected chi connectivity index (χ4v) is 2.44. The van der Waals surface area contributed by atoms with E-state index < -0.39 is 11.7 Å². The van der Waals surface area contributed by atoms with Gasteiger partial charge in [0.15, 0.2) is 0 Å². The highest BCUT2D eigenvalue weighted by Gasteiger charge is 2.31. The van der Waals surface area contributed by atoms with Crippen LogP contribution in [-0.2, 0) is 6.18 Å². The second-order valence-electron chi connectivity index (χ2n) is 4.89. The van der Waals surface area contributed by atoms with Gasteiger partial charge in [-0.25, -0.2) is 0 Å². The molecule has 0 amide bonds. The molecule has 0 aromatic carbocycles. The van der Waals surface area contributed by atoms with E-state index in [0.29, 0.717) is 0 Å². The summed E-state index contributed by atoms with van der Waals surface area (Å²) in [5.74, 6) is 0.0714. The van der Waals surface area contributed by atoms with Crippen molar-refractivity contribution in [3.05, 3.63) is 29.4 Å². The summed E-state index contributed by atoms with van der Waals surface area (Å²) in [6.07, 6.45) is 1.18. The number of rotatable bonds is 1. The predicted molar refractivity (Wildman–Crippen MR) is 65.0 cm³/mol. The van der Waals surface area contributed by atoms with Crippen molar-refractivity contribution in [2.75, 3.05) is 0 Å². The van der Waals surface area contributed by atoms with Gasteiger partial charge in [0.1, 0.15) is 11.3 Å². The molecule has 19 heavy (non-hydrogen) atoms. The highest BCUT2D eigenvalue weighted by molar-refractivity contribution is 5.83. The van der Waals surface area contributed by atoms with E-state index in [1.165, 1.54) is 0 Å². The summed E-state index contributed by atoms with van der Waals surface area (Å²) < 4.78 is 39.0.